The highest BCUT2D eigenvalue weighted by molar-refractivity contribution is 7.92. The molecule has 4 nitrogen and oxygen atoms in total. The van der Waals surface area contributed by atoms with Gasteiger partial charge in [0.1, 0.15) is 0 Å². The summed E-state index contributed by atoms with van der Waals surface area (Å²) in [6.07, 6.45) is 0.119. The molecule has 1 aliphatic carbocycles. The molecule has 0 spiro atoms. The highest BCUT2D eigenvalue weighted by Crippen LogP contribution is 2.40. The molecule has 0 aliphatic heterocycles. The maximum atomic E-state index is 15.4. The number of halogens is 3. The summed E-state index contributed by atoms with van der Waals surface area (Å²) in [5, 5.41) is 1.11. The number of carbonyl (C=O) groups excluding carboxylic acids is 1. The van der Waals surface area contributed by atoms with Crippen LogP contribution in [0.3, 0.4) is 0 Å². The van der Waals surface area contributed by atoms with Gasteiger partial charge in [-0.3, -0.25) is 4.79 Å². The summed E-state index contributed by atoms with van der Waals surface area (Å²) in [6.45, 7) is 1.76. The maximum absolute atomic E-state index is 15.4. The second-order valence-electron chi connectivity index (χ2n) is 7.08. The lowest BCUT2D eigenvalue weighted by Crippen LogP contribution is -2.45. The lowest BCUT2D eigenvalue weighted by Gasteiger charge is -2.33. The Labute approximate surface area is 174 Å². The summed E-state index contributed by atoms with van der Waals surface area (Å²) < 4.78 is 40.9. The van der Waals surface area contributed by atoms with Crippen LogP contribution in [0.2, 0.25) is 10.0 Å². The van der Waals surface area contributed by atoms with E-state index in [2.05, 4.69) is 5.32 Å². The predicted molar refractivity (Wildman–Crippen MR) is 108 cm³/mol. The van der Waals surface area contributed by atoms with Gasteiger partial charge in [0.05, 0.1) is 14.9 Å². The van der Waals surface area contributed by atoms with E-state index in [1.54, 1.807) is 25.1 Å². The van der Waals surface area contributed by atoms with E-state index in [-0.39, 0.29) is 47.6 Å². The van der Waals surface area contributed by atoms with E-state index in [1.807, 2.05) is 0 Å². The minimum absolute atomic E-state index is 0.00621. The van der Waals surface area contributed by atoms with Gasteiger partial charge in [0.2, 0.25) is 14.8 Å². The quantitative estimate of drug-likeness (QED) is 0.713. The molecule has 2 aromatic carbocycles. The Hall–Kier alpha value is -1.63. The molecule has 1 N–H and O–H groups in total. The zero-order chi connectivity index (χ0) is 20.5. The fourth-order valence-electron chi connectivity index (χ4n) is 3.36. The number of sulfone groups is 1. The molecular formula is C20H20Cl2FNO3S. The van der Waals surface area contributed by atoms with E-state index in [0.717, 1.165) is 5.56 Å². The molecule has 2 aromatic rings. The number of nitrogens with one attached hydrogen (secondary N) is 1. The van der Waals surface area contributed by atoms with Crippen molar-refractivity contribution in [1.82, 2.24) is 5.32 Å². The molecule has 0 radical (unpaired) electrons. The molecule has 0 saturated heterocycles. The molecule has 0 unspecified atom stereocenters. The van der Waals surface area contributed by atoms with Crippen molar-refractivity contribution < 1.29 is 17.6 Å². The van der Waals surface area contributed by atoms with Gasteiger partial charge in [-0.2, -0.15) is 0 Å². The molecule has 1 fully saturated rings. The number of amides is 1. The number of rotatable bonds is 4. The molecule has 1 aliphatic rings. The van der Waals surface area contributed by atoms with Crippen LogP contribution < -0.4 is 5.32 Å². The van der Waals surface area contributed by atoms with E-state index in [0.29, 0.717) is 10.6 Å². The van der Waals surface area contributed by atoms with Crippen molar-refractivity contribution in [2.24, 2.45) is 0 Å². The number of alkyl halides is 1. The Balaban J connectivity index is 1.68. The first-order chi connectivity index (χ1) is 13.1. The summed E-state index contributed by atoms with van der Waals surface area (Å²) in [6, 6.07) is 10.5. The Morgan fingerprint density at radius 2 is 1.79 bits per heavy atom. The second-order valence-corrected chi connectivity index (χ2v) is 10.1. The third-order valence-electron chi connectivity index (χ3n) is 5.03. The molecule has 0 aromatic heterocycles. The first-order valence-electron chi connectivity index (χ1n) is 8.88. The van der Waals surface area contributed by atoms with Gasteiger partial charge < -0.3 is 5.32 Å². The third kappa shape index (κ3) is 4.19. The van der Waals surface area contributed by atoms with Crippen molar-refractivity contribution in [2.45, 2.75) is 48.5 Å². The van der Waals surface area contributed by atoms with Crippen molar-refractivity contribution in [3.05, 3.63) is 63.6 Å². The second kappa shape index (κ2) is 8.01. The molecule has 1 saturated carbocycles. The fraction of sp³-hybridized carbons (Fsp3) is 0.350. The summed E-state index contributed by atoms with van der Waals surface area (Å²) >= 11 is 11.8. The average Bonchev–Trinajstić information content (AvgIpc) is 2.65. The molecule has 0 heterocycles. The fourth-order valence-corrected chi connectivity index (χ4v) is 5.45. The van der Waals surface area contributed by atoms with Crippen molar-refractivity contribution in [3.63, 3.8) is 0 Å². The van der Waals surface area contributed by atoms with E-state index in [4.69, 9.17) is 23.2 Å². The van der Waals surface area contributed by atoms with Gasteiger partial charge in [-0.05, 0) is 68.5 Å². The topological polar surface area (TPSA) is 63.2 Å². The highest BCUT2D eigenvalue weighted by atomic mass is 35.5. The van der Waals surface area contributed by atoms with Gasteiger partial charge in [-0.25, -0.2) is 12.8 Å². The highest BCUT2D eigenvalue weighted by Gasteiger charge is 2.47. The van der Waals surface area contributed by atoms with Crippen molar-refractivity contribution in [3.8, 4) is 0 Å². The van der Waals surface area contributed by atoms with Gasteiger partial charge in [-0.1, -0.05) is 35.3 Å². The number of hydrogen-bond acceptors (Lipinski definition) is 3. The van der Waals surface area contributed by atoms with E-state index in [9.17, 15) is 13.2 Å². The van der Waals surface area contributed by atoms with Crippen molar-refractivity contribution in [1.29, 1.82) is 0 Å². The van der Waals surface area contributed by atoms with Crippen LogP contribution in [0.25, 0.3) is 0 Å². The zero-order valence-electron chi connectivity index (χ0n) is 15.2. The van der Waals surface area contributed by atoms with Crippen LogP contribution in [-0.4, -0.2) is 25.4 Å². The summed E-state index contributed by atoms with van der Waals surface area (Å²) in [7, 11) is -4.11. The van der Waals surface area contributed by atoms with Crippen molar-refractivity contribution in [2.75, 3.05) is 0 Å². The van der Waals surface area contributed by atoms with Gasteiger partial charge in [0, 0.05) is 11.6 Å². The number of benzene rings is 2. The number of carbonyl (C=O) groups is 1. The van der Waals surface area contributed by atoms with Crippen molar-refractivity contribution >= 4 is 38.9 Å². The maximum Gasteiger partial charge on any atom is 0.251 e. The standard InChI is InChI=1S/C20H20Cl2FNO3S/c1-13-3-2-4-16(11-13)28(26,27)20(23)9-7-15(8-10-20)24-19(25)14-5-6-17(21)18(22)12-14/h2-6,11-12,15H,7-10H2,1H3,(H,24,25). The zero-order valence-corrected chi connectivity index (χ0v) is 17.5. The molecule has 0 atom stereocenters. The summed E-state index contributed by atoms with van der Waals surface area (Å²) in [5.41, 5.74) is 1.10. The number of aryl methyl sites for hydroxylation is 1. The van der Waals surface area contributed by atoms with E-state index in [1.165, 1.54) is 24.3 Å². The molecule has 1 amide bonds. The Morgan fingerprint density at radius 1 is 1.11 bits per heavy atom. The van der Waals surface area contributed by atoms with Crippen LogP contribution in [0, 0.1) is 6.92 Å². The Kier molecular flexibility index (Phi) is 6.03. The van der Waals surface area contributed by atoms with Gasteiger partial charge in [0.25, 0.3) is 5.91 Å². The van der Waals surface area contributed by atoms with Gasteiger partial charge in [-0.15, -0.1) is 0 Å². The molecule has 150 valence electrons. The first kappa shape index (κ1) is 21.1. The summed E-state index contributed by atoms with van der Waals surface area (Å²) in [4.78, 5) is 12.4. The molecule has 0 bridgehead atoms. The molecule has 28 heavy (non-hydrogen) atoms. The Morgan fingerprint density at radius 3 is 2.39 bits per heavy atom. The largest absolute Gasteiger partial charge is 0.349 e. The van der Waals surface area contributed by atoms with Gasteiger partial charge >= 0.3 is 0 Å². The lowest BCUT2D eigenvalue weighted by molar-refractivity contribution is 0.0906. The third-order valence-corrected chi connectivity index (χ3v) is 8.02. The minimum atomic E-state index is -4.11. The molecular weight excluding hydrogens is 424 g/mol. The predicted octanol–water partition coefficient (Wildman–Crippen LogP) is 5.11. The smallest absolute Gasteiger partial charge is 0.251 e. The van der Waals surface area contributed by atoms with E-state index < -0.39 is 14.8 Å². The van der Waals surface area contributed by atoms with Gasteiger partial charge in [0.15, 0.2) is 0 Å². The summed E-state index contributed by atoms with van der Waals surface area (Å²) in [5.74, 6) is -0.350. The van der Waals surface area contributed by atoms with E-state index >= 15 is 4.39 Å². The average molecular weight is 444 g/mol. The lowest BCUT2D eigenvalue weighted by atomic mass is 9.93. The monoisotopic (exact) mass is 443 g/mol. The first-order valence-corrected chi connectivity index (χ1v) is 11.1. The SMILES string of the molecule is Cc1cccc(S(=O)(=O)C2(F)CCC(NC(=O)c3ccc(Cl)c(Cl)c3)CC2)c1. The van der Waals surface area contributed by atoms with Crippen LogP contribution in [-0.2, 0) is 9.84 Å². The van der Waals surface area contributed by atoms with Crippen LogP contribution in [0.15, 0.2) is 47.4 Å². The molecule has 3 rings (SSSR count). The minimum Gasteiger partial charge on any atom is -0.349 e. The van der Waals surface area contributed by atoms with Crippen LogP contribution in [0.1, 0.15) is 41.6 Å². The Bertz CT molecular complexity index is 1000. The molecule has 8 heteroatoms. The van der Waals surface area contributed by atoms with Crippen LogP contribution >= 0.6 is 23.2 Å². The van der Waals surface area contributed by atoms with Crippen LogP contribution in [0.5, 0.6) is 0 Å². The number of hydrogen-bond donors (Lipinski definition) is 1. The normalized spacial score (nSPS) is 22.6. The van der Waals surface area contributed by atoms with Crippen LogP contribution in [0.4, 0.5) is 4.39 Å².